The number of rotatable bonds is 3. The van der Waals surface area contributed by atoms with Crippen molar-refractivity contribution >= 4 is 12.6 Å². The van der Waals surface area contributed by atoms with E-state index in [1.807, 2.05) is 13.1 Å². The molecule has 1 nitrogen and oxygen atoms in total. The van der Waals surface area contributed by atoms with Crippen LogP contribution in [0.25, 0.3) is 11.1 Å². The fourth-order valence-electron chi connectivity index (χ4n) is 1.66. The van der Waals surface area contributed by atoms with Crippen LogP contribution >= 0.6 is 12.6 Å². The van der Waals surface area contributed by atoms with Crippen LogP contribution in [0.4, 0.5) is 0 Å². The summed E-state index contributed by atoms with van der Waals surface area (Å²) >= 11 is 4.43. The van der Waals surface area contributed by atoms with Gasteiger partial charge in [-0.3, -0.25) is 0 Å². The SMILES string of the molecule is CNC(S)c1ccc(-c2ccccc2)cc1. The Balaban J connectivity index is 2.26. The van der Waals surface area contributed by atoms with Crippen molar-refractivity contribution in [3.8, 4) is 11.1 Å². The molecule has 16 heavy (non-hydrogen) atoms. The smallest absolute Gasteiger partial charge is 0.0757 e. The first-order chi connectivity index (χ1) is 7.81. The summed E-state index contributed by atoms with van der Waals surface area (Å²) in [4.78, 5) is 0. The molecule has 1 N–H and O–H groups in total. The van der Waals surface area contributed by atoms with E-state index in [0.29, 0.717) is 0 Å². The van der Waals surface area contributed by atoms with Gasteiger partial charge in [-0.25, -0.2) is 0 Å². The van der Waals surface area contributed by atoms with E-state index in [9.17, 15) is 0 Å². The fraction of sp³-hybridized carbons (Fsp3) is 0.143. The normalized spacial score (nSPS) is 12.4. The monoisotopic (exact) mass is 229 g/mol. The minimum absolute atomic E-state index is 0.102. The van der Waals surface area contributed by atoms with Crippen LogP contribution in [0.5, 0.6) is 0 Å². The van der Waals surface area contributed by atoms with Crippen molar-refractivity contribution in [2.75, 3.05) is 7.05 Å². The zero-order valence-electron chi connectivity index (χ0n) is 9.22. The second-order valence-electron chi connectivity index (χ2n) is 3.68. The van der Waals surface area contributed by atoms with E-state index in [4.69, 9.17) is 0 Å². The molecule has 0 amide bonds. The zero-order valence-corrected chi connectivity index (χ0v) is 10.1. The van der Waals surface area contributed by atoms with Crippen molar-refractivity contribution in [1.82, 2.24) is 5.32 Å². The van der Waals surface area contributed by atoms with Crippen LogP contribution in [-0.2, 0) is 0 Å². The van der Waals surface area contributed by atoms with Crippen LogP contribution in [0.15, 0.2) is 54.6 Å². The largest absolute Gasteiger partial charge is 0.305 e. The minimum atomic E-state index is 0.102. The van der Waals surface area contributed by atoms with Crippen molar-refractivity contribution in [2.24, 2.45) is 0 Å². The molecule has 0 aromatic heterocycles. The topological polar surface area (TPSA) is 12.0 Å². The number of thiol groups is 1. The first-order valence-corrected chi connectivity index (χ1v) is 5.83. The van der Waals surface area contributed by atoms with Crippen LogP contribution in [0.3, 0.4) is 0 Å². The molecule has 0 aliphatic carbocycles. The summed E-state index contributed by atoms with van der Waals surface area (Å²) in [5, 5.41) is 3.21. The Bertz CT molecular complexity index is 436. The molecule has 1 unspecified atom stereocenters. The van der Waals surface area contributed by atoms with Gasteiger partial charge < -0.3 is 5.32 Å². The first kappa shape index (κ1) is 11.2. The van der Waals surface area contributed by atoms with Gasteiger partial charge in [0, 0.05) is 0 Å². The second kappa shape index (κ2) is 5.19. The van der Waals surface area contributed by atoms with Gasteiger partial charge in [0.05, 0.1) is 5.37 Å². The lowest BCUT2D eigenvalue weighted by Crippen LogP contribution is -2.09. The minimum Gasteiger partial charge on any atom is -0.305 e. The molecular formula is C14H15NS. The molecule has 0 spiro atoms. The Hall–Kier alpha value is -1.25. The summed E-state index contributed by atoms with van der Waals surface area (Å²) in [7, 11) is 1.91. The molecule has 82 valence electrons. The fourth-order valence-corrected chi connectivity index (χ4v) is 1.83. The summed E-state index contributed by atoms with van der Waals surface area (Å²) in [5.74, 6) is 0. The van der Waals surface area contributed by atoms with Crippen molar-refractivity contribution in [1.29, 1.82) is 0 Å². The predicted molar refractivity (Wildman–Crippen MR) is 72.7 cm³/mol. The van der Waals surface area contributed by atoms with Crippen molar-refractivity contribution in [3.63, 3.8) is 0 Å². The number of nitrogens with one attached hydrogen (secondary N) is 1. The summed E-state index contributed by atoms with van der Waals surface area (Å²) in [6.07, 6.45) is 0. The predicted octanol–water partition coefficient (Wildman–Crippen LogP) is 3.50. The van der Waals surface area contributed by atoms with Crippen molar-refractivity contribution in [3.05, 3.63) is 60.2 Å². The lowest BCUT2D eigenvalue weighted by Gasteiger charge is -2.10. The highest BCUT2D eigenvalue weighted by Gasteiger charge is 2.03. The summed E-state index contributed by atoms with van der Waals surface area (Å²) in [6.45, 7) is 0. The second-order valence-corrected chi connectivity index (χ2v) is 4.20. The lowest BCUT2D eigenvalue weighted by molar-refractivity contribution is 0.801. The number of hydrogen-bond acceptors (Lipinski definition) is 2. The van der Waals surface area contributed by atoms with E-state index in [1.54, 1.807) is 0 Å². The molecule has 2 aromatic carbocycles. The van der Waals surface area contributed by atoms with Crippen LogP contribution in [0.1, 0.15) is 10.9 Å². The average Bonchev–Trinajstić information content (AvgIpc) is 2.39. The van der Waals surface area contributed by atoms with Crippen molar-refractivity contribution < 1.29 is 0 Å². The molecular weight excluding hydrogens is 214 g/mol. The van der Waals surface area contributed by atoms with Gasteiger partial charge in [-0.15, -0.1) is 0 Å². The average molecular weight is 229 g/mol. The maximum absolute atomic E-state index is 4.43. The summed E-state index contributed by atoms with van der Waals surface area (Å²) in [5.41, 5.74) is 3.67. The third-order valence-electron chi connectivity index (χ3n) is 2.61. The van der Waals surface area contributed by atoms with Gasteiger partial charge in [-0.1, -0.05) is 54.6 Å². The Morgan fingerprint density at radius 1 is 0.875 bits per heavy atom. The van der Waals surface area contributed by atoms with Gasteiger partial charge in [-0.2, -0.15) is 12.6 Å². The maximum Gasteiger partial charge on any atom is 0.0757 e. The van der Waals surface area contributed by atoms with E-state index < -0.39 is 0 Å². The highest BCUT2D eigenvalue weighted by atomic mass is 32.1. The highest BCUT2D eigenvalue weighted by molar-refractivity contribution is 7.80. The van der Waals surface area contributed by atoms with Gasteiger partial charge in [0.15, 0.2) is 0 Å². The third-order valence-corrected chi connectivity index (χ3v) is 3.16. The Morgan fingerprint density at radius 3 is 2.00 bits per heavy atom. The Labute approximate surface area is 102 Å². The van der Waals surface area contributed by atoms with Gasteiger partial charge in [0.2, 0.25) is 0 Å². The van der Waals surface area contributed by atoms with E-state index in [2.05, 4.69) is 66.5 Å². The molecule has 0 radical (unpaired) electrons. The van der Waals surface area contributed by atoms with E-state index in [1.165, 1.54) is 16.7 Å². The third kappa shape index (κ3) is 2.46. The van der Waals surface area contributed by atoms with Crippen LogP contribution in [-0.4, -0.2) is 7.05 Å². The molecule has 0 aliphatic heterocycles. The standard InChI is InChI=1S/C14H15NS/c1-15-14(16)13-9-7-12(8-10-13)11-5-3-2-4-6-11/h2-10,14-16H,1H3. The van der Waals surface area contributed by atoms with E-state index >= 15 is 0 Å². The van der Waals surface area contributed by atoms with Crippen LogP contribution in [0, 0.1) is 0 Å². The molecule has 2 aromatic rings. The quantitative estimate of drug-likeness (QED) is 0.606. The molecule has 0 fully saturated rings. The Kier molecular flexibility index (Phi) is 3.65. The molecule has 0 saturated heterocycles. The van der Waals surface area contributed by atoms with Gasteiger partial charge in [0.25, 0.3) is 0 Å². The molecule has 2 heteroatoms. The lowest BCUT2D eigenvalue weighted by atomic mass is 10.0. The molecule has 0 bridgehead atoms. The number of hydrogen-bond donors (Lipinski definition) is 2. The van der Waals surface area contributed by atoms with E-state index in [0.717, 1.165) is 0 Å². The number of benzene rings is 2. The molecule has 0 heterocycles. The molecule has 1 atom stereocenters. The Morgan fingerprint density at radius 2 is 1.44 bits per heavy atom. The molecule has 0 aliphatic rings. The van der Waals surface area contributed by atoms with Gasteiger partial charge in [-0.05, 0) is 23.7 Å². The zero-order chi connectivity index (χ0) is 11.4. The summed E-state index contributed by atoms with van der Waals surface area (Å²) in [6, 6.07) is 18.8. The van der Waals surface area contributed by atoms with Crippen molar-refractivity contribution in [2.45, 2.75) is 5.37 Å². The highest BCUT2D eigenvalue weighted by Crippen LogP contribution is 2.22. The van der Waals surface area contributed by atoms with Crippen LogP contribution < -0.4 is 5.32 Å². The summed E-state index contributed by atoms with van der Waals surface area (Å²) < 4.78 is 0. The van der Waals surface area contributed by atoms with Gasteiger partial charge >= 0.3 is 0 Å². The maximum atomic E-state index is 4.43. The molecule has 0 saturated carbocycles. The first-order valence-electron chi connectivity index (χ1n) is 5.32. The van der Waals surface area contributed by atoms with Gasteiger partial charge in [0.1, 0.15) is 0 Å². The van der Waals surface area contributed by atoms with E-state index in [-0.39, 0.29) is 5.37 Å². The molecule has 2 rings (SSSR count). The van der Waals surface area contributed by atoms with Crippen LogP contribution in [0.2, 0.25) is 0 Å².